The van der Waals surface area contributed by atoms with Gasteiger partial charge >= 0.3 is 0 Å². The van der Waals surface area contributed by atoms with Crippen LogP contribution in [0.4, 0.5) is 0 Å². The molecule has 0 bridgehead atoms. The molecule has 0 aliphatic heterocycles. The summed E-state index contributed by atoms with van der Waals surface area (Å²) in [6, 6.07) is 7.94. The van der Waals surface area contributed by atoms with Crippen molar-refractivity contribution >= 4 is 33.4 Å². The zero-order chi connectivity index (χ0) is 13.3. The first-order valence-corrected chi connectivity index (χ1v) is 7.98. The third kappa shape index (κ3) is 2.59. The number of hydrogen-bond donors (Lipinski definition) is 0. The Morgan fingerprint density at radius 3 is 2.67 bits per heavy atom. The number of halogens is 1. The minimum Gasteiger partial charge on any atom is -0.326 e. The second kappa shape index (κ2) is 5.41. The second-order valence-corrected chi connectivity index (χ2v) is 6.95. The quantitative estimate of drug-likeness (QED) is 0.809. The summed E-state index contributed by atoms with van der Waals surface area (Å²) in [5.41, 5.74) is 1.99. The molecule has 18 heavy (non-hydrogen) atoms. The molecular weight excluding hydrogens is 268 g/mol. The van der Waals surface area contributed by atoms with Gasteiger partial charge in [-0.3, -0.25) is 4.21 Å². The maximum absolute atomic E-state index is 11.5. The zero-order valence-corrected chi connectivity index (χ0v) is 12.3. The van der Waals surface area contributed by atoms with E-state index in [-0.39, 0.29) is 10.6 Å². The van der Waals surface area contributed by atoms with Gasteiger partial charge in [-0.2, -0.15) is 0 Å². The number of nitrogens with zero attached hydrogens (tertiary/aromatic N) is 2. The second-order valence-electron chi connectivity index (χ2n) is 4.49. The van der Waals surface area contributed by atoms with Crippen LogP contribution in [0.1, 0.15) is 25.0 Å². The summed E-state index contributed by atoms with van der Waals surface area (Å²) in [5, 5.41) is -0.0772. The van der Waals surface area contributed by atoms with Crippen LogP contribution in [-0.4, -0.2) is 25.3 Å². The number of para-hydroxylation sites is 2. The summed E-state index contributed by atoms with van der Waals surface area (Å²) < 4.78 is 13.6. The smallest absolute Gasteiger partial charge is 0.127 e. The van der Waals surface area contributed by atoms with Crippen molar-refractivity contribution in [2.24, 2.45) is 0 Å². The molecule has 0 N–H and O–H groups in total. The van der Waals surface area contributed by atoms with Gasteiger partial charge in [0.2, 0.25) is 0 Å². The number of rotatable bonds is 4. The van der Waals surface area contributed by atoms with E-state index in [4.69, 9.17) is 11.6 Å². The van der Waals surface area contributed by atoms with Crippen molar-refractivity contribution < 1.29 is 4.21 Å². The highest BCUT2D eigenvalue weighted by molar-refractivity contribution is 7.84. The van der Waals surface area contributed by atoms with Crippen LogP contribution in [0.15, 0.2) is 24.3 Å². The van der Waals surface area contributed by atoms with Gasteiger partial charge < -0.3 is 4.57 Å². The molecule has 0 aliphatic carbocycles. The summed E-state index contributed by atoms with van der Waals surface area (Å²) in [5.74, 6) is 0.843. The summed E-state index contributed by atoms with van der Waals surface area (Å²) in [4.78, 5) is 4.56. The van der Waals surface area contributed by atoms with E-state index >= 15 is 0 Å². The number of benzene rings is 1. The van der Waals surface area contributed by atoms with Crippen LogP contribution in [0.2, 0.25) is 0 Å². The highest BCUT2D eigenvalue weighted by Gasteiger charge is 2.17. The first-order valence-electron chi connectivity index (χ1n) is 5.92. The maximum Gasteiger partial charge on any atom is 0.127 e. The number of hydrogen-bond acceptors (Lipinski definition) is 2. The predicted octanol–water partition coefficient (Wildman–Crippen LogP) is 3.10. The summed E-state index contributed by atoms with van der Waals surface area (Å²) in [6.45, 7) is 4.57. The molecule has 0 spiro atoms. The van der Waals surface area contributed by atoms with Gasteiger partial charge in [0, 0.05) is 28.9 Å². The van der Waals surface area contributed by atoms with Crippen LogP contribution < -0.4 is 0 Å². The molecule has 0 fully saturated rings. The Hall–Kier alpha value is -0.870. The Kier molecular flexibility index (Phi) is 4.07. The van der Waals surface area contributed by atoms with Gasteiger partial charge in [0.05, 0.1) is 16.4 Å². The fraction of sp³-hybridized carbons (Fsp3) is 0.462. The lowest BCUT2D eigenvalue weighted by Gasteiger charge is -2.14. The Morgan fingerprint density at radius 2 is 2.06 bits per heavy atom. The van der Waals surface area contributed by atoms with Crippen LogP contribution >= 0.6 is 11.6 Å². The fourth-order valence-corrected chi connectivity index (χ4v) is 2.48. The molecule has 3 atom stereocenters. The number of imidazole rings is 1. The largest absolute Gasteiger partial charge is 0.326 e. The van der Waals surface area contributed by atoms with Gasteiger partial charge in [-0.1, -0.05) is 12.1 Å². The monoisotopic (exact) mass is 284 g/mol. The van der Waals surface area contributed by atoms with E-state index in [1.54, 1.807) is 6.26 Å². The van der Waals surface area contributed by atoms with Crippen molar-refractivity contribution in [2.75, 3.05) is 6.26 Å². The number of aromatic nitrogens is 2. The molecular formula is C13H17ClN2OS. The summed E-state index contributed by atoms with van der Waals surface area (Å²) in [6.07, 6.45) is 1.73. The van der Waals surface area contributed by atoms with Crippen molar-refractivity contribution in [3.05, 3.63) is 30.1 Å². The van der Waals surface area contributed by atoms with Gasteiger partial charge in [-0.05, 0) is 26.0 Å². The van der Waals surface area contributed by atoms with Gasteiger partial charge in [0.25, 0.3) is 0 Å². The van der Waals surface area contributed by atoms with E-state index in [0.29, 0.717) is 6.54 Å². The average Bonchev–Trinajstić information content (AvgIpc) is 2.68. The normalized spacial score (nSPS) is 16.7. The highest BCUT2D eigenvalue weighted by Crippen LogP contribution is 2.25. The van der Waals surface area contributed by atoms with E-state index in [1.165, 1.54) is 0 Å². The Morgan fingerprint density at radius 1 is 1.39 bits per heavy atom. The third-order valence-corrected chi connectivity index (χ3v) is 4.52. The van der Waals surface area contributed by atoms with Gasteiger partial charge in [-0.15, -0.1) is 11.6 Å². The van der Waals surface area contributed by atoms with Gasteiger partial charge in [0.15, 0.2) is 0 Å². The Bertz CT molecular complexity index is 579. The van der Waals surface area contributed by atoms with Crippen molar-refractivity contribution in [3.63, 3.8) is 0 Å². The molecule has 1 aromatic carbocycles. The van der Waals surface area contributed by atoms with E-state index < -0.39 is 10.8 Å². The predicted molar refractivity (Wildman–Crippen MR) is 77.5 cm³/mol. The topological polar surface area (TPSA) is 34.9 Å². The van der Waals surface area contributed by atoms with E-state index in [1.807, 2.05) is 38.1 Å². The molecule has 0 amide bonds. The molecule has 2 aromatic rings. The van der Waals surface area contributed by atoms with E-state index in [0.717, 1.165) is 16.9 Å². The van der Waals surface area contributed by atoms with Gasteiger partial charge in [0.1, 0.15) is 5.82 Å². The van der Waals surface area contributed by atoms with Crippen molar-refractivity contribution in [1.29, 1.82) is 0 Å². The SMILES string of the molecule is CC(Cl)c1nc2ccccc2n1CC(C)S(C)=O. The summed E-state index contributed by atoms with van der Waals surface area (Å²) in [7, 11) is -0.851. The lowest BCUT2D eigenvalue weighted by atomic mass is 10.3. The molecule has 1 heterocycles. The standard InChI is InChI=1S/C13H17ClN2OS/c1-9(18(3)17)8-16-12-7-5-4-6-11(12)15-13(16)10(2)14/h4-7,9-10H,8H2,1-3H3. The Balaban J connectivity index is 2.51. The molecule has 1 aromatic heterocycles. The molecule has 98 valence electrons. The molecule has 2 rings (SSSR count). The molecule has 0 aliphatic rings. The summed E-state index contributed by atoms with van der Waals surface area (Å²) >= 11 is 6.18. The van der Waals surface area contributed by atoms with Crippen molar-refractivity contribution in [1.82, 2.24) is 9.55 Å². The zero-order valence-electron chi connectivity index (χ0n) is 10.8. The molecule has 3 nitrogen and oxygen atoms in total. The van der Waals surface area contributed by atoms with Crippen LogP contribution in [-0.2, 0) is 17.3 Å². The average molecular weight is 285 g/mol. The Labute approximate surface area is 115 Å². The minimum absolute atomic E-state index is 0.0803. The minimum atomic E-state index is -0.851. The van der Waals surface area contributed by atoms with E-state index in [2.05, 4.69) is 9.55 Å². The third-order valence-electron chi connectivity index (χ3n) is 3.05. The molecule has 3 unspecified atom stereocenters. The molecule has 0 saturated carbocycles. The van der Waals surface area contributed by atoms with Crippen LogP contribution in [0.5, 0.6) is 0 Å². The van der Waals surface area contributed by atoms with Crippen LogP contribution in [0.3, 0.4) is 0 Å². The molecule has 0 radical (unpaired) electrons. The lowest BCUT2D eigenvalue weighted by Crippen LogP contribution is -2.19. The van der Waals surface area contributed by atoms with Crippen molar-refractivity contribution in [2.45, 2.75) is 31.0 Å². The highest BCUT2D eigenvalue weighted by atomic mass is 35.5. The lowest BCUT2D eigenvalue weighted by molar-refractivity contribution is 0.632. The number of alkyl halides is 1. The first kappa shape index (κ1) is 13.6. The van der Waals surface area contributed by atoms with E-state index in [9.17, 15) is 4.21 Å². The number of fused-ring (bicyclic) bond motifs is 1. The molecule has 0 saturated heterocycles. The van der Waals surface area contributed by atoms with Crippen molar-refractivity contribution in [3.8, 4) is 0 Å². The maximum atomic E-state index is 11.5. The van der Waals surface area contributed by atoms with Gasteiger partial charge in [-0.25, -0.2) is 4.98 Å². The fourth-order valence-electron chi connectivity index (χ4n) is 1.95. The first-order chi connectivity index (χ1) is 8.50. The molecule has 5 heteroatoms. The van der Waals surface area contributed by atoms with Crippen LogP contribution in [0, 0.1) is 0 Å². The van der Waals surface area contributed by atoms with Crippen LogP contribution in [0.25, 0.3) is 11.0 Å².